The molecule has 36 heavy (non-hydrogen) atoms. The lowest BCUT2D eigenvalue weighted by Gasteiger charge is -2.18. The lowest BCUT2D eigenvalue weighted by Crippen LogP contribution is -2.24. The number of nitrogens with zero attached hydrogens (tertiary/aromatic N) is 1. The number of hydrogen-bond acceptors (Lipinski definition) is 5. The lowest BCUT2D eigenvalue weighted by atomic mass is 9.98. The van der Waals surface area contributed by atoms with Crippen LogP contribution in [0.25, 0.3) is 11.3 Å². The second kappa shape index (κ2) is 10.0. The van der Waals surface area contributed by atoms with Crippen molar-refractivity contribution in [3.63, 3.8) is 0 Å². The predicted octanol–water partition coefficient (Wildman–Crippen LogP) is 4.69. The lowest BCUT2D eigenvalue weighted by molar-refractivity contribution is -0.137. The minimum atomic E-state index is -3.40. The molecule has 8 nitrogen and oxygen atoms in total. The first-order valence-electron chi connectivity index (χ1n) is 11.0. The summed E-state index contributed by atoms with van der Waals surface area (Å²) in [5.41, 5.74) is 4.99. The first-order chi connectivity index (χ1) is 17.0. The van der Waals surface area contributed by atoms with Crippen LogP contribution in [-0.2, 0) is 26.0 Å². The normalized spacial score (nSPS) is 14.1. The Balaban J connectivity index is 1.76. The number of sulfonamides is 1. The number of halogens is 1. The smallest absolute Gasteiger partial charge is 0.303 e. The zero-order valence-corrected chi connectivity index (χ0v) is 21.2. The van der Waals surface area contributed by atoms with Crippen molar-refractivity contribution >= 4 is 61.8 Å². The van der Waals surface area contributed by atoms with Crippen molar-refractivity contribution in [2.75, 3.05) is 28.2 Å². The fraction of sp³-hybridized carbons (Fsp3) is 0.154. The van der Waals surface area contributed by atoms with Crippen molar-refractivity contribution in [2.45, 2.75) is 12.8 Å². The van der Waals surface area contributed by atoms with E-state index in [1.54, 1.807) is 42.5 Å². The van der Waals surface area contributed by atoms with Gasteiger partial charge in [-0.05, 0) is 53.9 Å². The van der Waals surface area contributed by atoms with Gasteiger partial charge in [-0.3, -0.25) is 13.9 Å². The molecule has 1 heterocycles. The van der Waals surface area contributed by atoms with Gasteiger partial charge in [-0.15, -0.1) is 0 Å². The fourth-order valence-corrected chi connectivity index (χ4v) is 4.53. The number of hydrogen-bond donors (Lipinski definition) is 3. The molecular weight excluding hydrogens is 502 g/mol. The Labute approximate surface area is 214 Å². The average Bonchev–Trinajstić information content (AvgIpc) is 3.15. The number of fused-ring (bicyclic) bond motifs is 1. The molecule has 3 N–H and O–H groups in total. The third-order valence-corrected chi connectivity index (χ3v) is 7.28. The number of carbonyl (C=O) groups is 2. The van der Waals surface area contributed by atoms with E-state index in [-0.39, 0.29) is 12.3 Å². The van der Waals surface area contributed by atoms with Crippen LogP contribution < -0.4 is 14.9 Å². The van der Waals surface area contributed by atoms with Crippen LogP contribution in [0.3, 0.4) is 0 Å². The number of nitrogens with one attached hydrogen (secondary N) is 2. The molecule has 0 atom stereocenters. The van der Waals surface area contributed by atoms with Gasteiger partial charge in [0.25, 0.3) is 5.91 Å². The first-order valence-corrected chi connectivity index (χ1v) is 13.2. The molecule has 186 valence electrons. The highest BCUT2D eigenvalue weighted by Gasteiger charge is 2.28. The fourth-order valence-electron chi connectivity index (χ4n) is 3.85. The molecular formula is C26H24ClN3O5S. The monoisotopic (exact) mass is 525 g/mol. The van der Waals surface area contributed by atoms with E-state index in [1.807, 2.05) is 24.3 Å². The van der Waals surface area contributed by atoms with E-state index in [2.05, 4.69) is 10.6 Å². The molecule has 3 aromatic rings. The second-order valence-electron chi connectivity index (χ2n) is 8.39. The van der Waals surface area contributed by atoms with Crippen molar-refractivity contribution in [1.29, 1.82) is 0 Å². The van der Waals surface area contributed by atoms with Crippen LogP contribution in [-0.4, -0.2) is 38.7 Å². The third-order valence-electron chi connectivity index (χ3n) is 5.84. The first kappa shape index (κ1) is 25.3. The van der Waals surface area contributed by atoms with Crippen LogP contribution in [0.15, 0.2) is 66.7 Å². The summed E-state index contributed by atoms with van der Waals surface area (Å²) < 4.78 is 24.9. The van der Waals surface area contributed by atoms with Crippen molar-refractivity contribution in [1.82, 2.24) is 0 Å². The number of aliphatic carboxylic acids is 1. The van der Waals surface area contributed by atoms with Crippen LogP contribution in [0.5, 0.6) is 0 Å². The van der Waals surface area contributed by atoms with Gasteiger partial charge in [-0.1, -0.05) is 41.9 Å². The molecule has 0 fully saturated rings. The van der Waals surface area contributed by atoms with Gasteiger partial charge in [0.1, 0.15) is 0 Å². The zero-order valence-electron chi connectivity index (χ0n) is 19.6. The third kappa shape index (κ3) is 5.53. The molecule has 10 heteroatoms. The Bertz CT molecular complexity index is 1470. The number of rotatable bonds is 8. The molecule has 0 bridgehead atoms. The quantitative estimate of drug-likeness (QED) is 0.368. The molecule has 0 spiro atoms. The van der Waals surface area contributed by atoms with Crippen molar-refractivity contribution < 1.29 is 23.1 Å². The molecule has 1 aliphatic heterocycles. The molecule has 0 unspecified atom stereocenters. The standard InChI is InChI=1S/C26H24ClN3O5S/c1-30(36(2,34)35)20-11-9-19(10-12-20)28-25(17-6-3-16(4-7-17)5-14-23(31)32)24-21-13-8-18(27)15-22(21)29-26(24)33/h3-4,6-13,15,28H,5,14H2,1-2H3,(H,29,33)(H,31,32)/b25-24-. The summed E-state index contributed by atoms with van der Waals surface area (Å²) in [4.78, 5) is 24.0. The second-order valence-corrected chi connectivity index (χ2v) is 10.8. The molecule has 1 amide bonds. The Morgan fingerprint density at radius 2 is 1.72 bits per heavy atom. The van der Waals surface area contributed by atoms with E-state index in [1.165, 1.54) is 11.4 Å². The minimum Gasteiger partial charge on any atom is -0.481 e. The van der Waals surface area contributed by atoms with Crippen LogP contribution in [0, 0.1) is 0 Å². The van der Waals surface area contributed by atoms with E-state index >= 15 is 0 Å². The van der Waals surface area contributed by atoms with E-state index in [0.29, 0.717) is 45.3 Å². The minimum absolute atomic E-state index is 0.0242. The maximum Gasteiger partial charge on any atom is 0.303 e. The van der Waals surface area contributed by atoms with Crippen molar-refractivity contribution in [3.05, 3.63) is 88.4 Å². The zero-order chi connectivity index (χ0) is 26.0. The number of carboxylic acids is 1. The van der Waals surface area contributed by atoms with E-state index < -0.39 is 16.0 Å². The van der Waals surface area contributed by atoms with Crippen molar-refractivity contribution in [3.8, 4) is 0 Å². The van der Waals surface area contributed by atoms with Crippen LogP contribution in [0.2, 0.25) is 5.02 Å². The number of carbonyl (C=O) groups excluding carboxylic acids is 1. The summed E-state index contributed by atoms with van der Waals surface area (Å²) >= 11 is 6.12. The highest BCUT2D eigenvalue weighted by Crippen LogP contribution is 2.39. The van der Waals surface area contributed by atoms with Gasteiger partial charge in [0.05, 0.1) is 28.9 Å². The van der Waals surface area contributed by atoms with Crippen molar-refractivity contribution in [2.24, 2.45) is 0 Å². The van der Waals surface area contributed by atoms with E-state index in [4.69, 9.17) is 16.7 Å². The number of benzene rings is 3. The highest BCUT2D eigenvalue weighted by molar-refractivity contribution is 7.92. The number of carboxylic acid groups (broad SMARTS) is 1. The molecule has 3 aromatic carbocycles. The Hall–Kier alpha value is -3.82. The van der Waals surface area contributed by atoms with Gasteiger partial charge in [0.2, 0.25) is 10.0 Å². The van der Waals surface area contributed by atoms with E-state index in [0.717, 1.165) is 17.4 Å². The molecule has 4 rings (SSSR count). The predicted molar refractivity (Wildman–Crippen MR) is 143 cm³/mol. The summed E-state index contributed by atoms with van der Waals surface area (Å²) in [6.45, 7) is 0. The number of anilines is 3. The number of amides is 1. The maximum absolute atomic E-state index is 13.1. The summed E-state index contributed by atoms with van der Waals surface area (Å²) in [6, 6.07) is 19.3. The van der Waals surface area contributed by atoms with E-state index in [9.17, 15) is 18.0 Å². The van der Waals surface area contributed by atoms with Crippen LogP contribution in [0.1, 0.15) is 23.1 Å². The number of aryl methyl sites for hydroxylation is 1. The van der Waals surface area contributed by atoms with Gasteiger partial charge in [-0.25, -0.2) is 8.42 Å². The molecule has 0 aliphatic carbocycles. The summed E-state index contributed by atoms with van der Waals surface area (Å²) in [7, 11) is -1.93. The molecule has 0 saturated carbocycles. The SMILES string of the molecule is CN(c1ccc(N/C(=C2\C(=O)Nc3cc(Cl)ccc32)c2ccc(CCC(=O)O)cc2)cc1)S(C)(=O)=O. The molecule has 1 aliphatic rings. The van der Waals surface area contributed by atoms with Crippen LogP contribution in [0.4, 0.5) is 17.1 Å². The molecule has 0 radical (unpaired) electrons. The Kier molecular flexibility index (Phi) is 7.05. The highest BCUT2D eigenvalue weighted by atomic mass is 35.5. The summed E-state index contributed by atoms with van der Waals surface area (Å²) in [5.74, 6) is -1.16. The topological polar surface area (TPSA) is 116 Å². The Morgan fingerprint density at radius 3 is 2.33 bits per heavy atom. The van der Waals surface area contributed by atoms with Gasteiger partial charge in [-0.2, -0.15) is 0 Å². The Morgan fingerprint density at radius 1 is 1.06 bits per heavy atom. The molecule has 0 saturated heterocycles. The van der Waals surface area contributed by atoms with Gasteiger partial charge < -0.3 is 15.7 Å². The summed E-state index contributed by atoms with van der Waals surface area (Å²) in [5, 5.41) is 15.6. The largest absolute Gasteiger partial charge is 0.481 e. The summed E-state index contributed by atoms with van der Waals surface area (Å²) in [6.07, 6.45) is 1.55. The maximum atomic E-state index is 13.1. The average molecular weight is 526 g/mol. The van der Waals surface area contributed by atoms with Gasteiger partial charge >= 0.3 is 5.97 Å². The van der Waals surface area contributed by atoms with Crippen LogP contribution >= 0.6 is 11.6 Å². The molecule has 0 aromatic heterocycles. The van der Waals surface area contributed by atoms with Gasteiger partial charge in [0.15, 0.2) is 0 Å². The van der Waals surface area contributed by atoms with Gasteiger partial charge in [0, 0.05) is 29.7 Å².